The van der Waals surface area contributed by atoms with E-state index in [0.717, 1.165) is 35.1 Å². The predicted molar refractivity (Wildman–Crippen MR) is 128 cm³/mol. The lowest BCUT2D eigenvalue weighted by Gasteiger charge is -2.18. The third-order valence-electron chi connectivity index (χ3n) is 4.00. The highest BCUT2D eigenvalue weighted by Crippen LogP contribution is 2.19. The van der Waals surface area contributed by atoms with Crippen LogP contribution in [0.4, 0.5) is 0 Å². The first-order chi connectivity index (χ1) is 13.6. The number of methoxy groups -OCH3 is 2. The second-order valence-electron chi connectivity index (χ2n) is 6.44. The lowest BCUT2D eigenvalue weighted by Crippen LogP contribution is -2.41. The van der Waals surface area contributed by atoms with Gasteiger partial charge >= 0.3 is 0 Å². The van der Waals surface area contributed by atoms with Crippen LogP contribution in [0.3, 0.4) is 0 Å². The number of nitrogens with zero attached hydrogens (tertiary/aromatic N) is 1. The summed E-state index contributed by atoms with van der Waals surface area (Å²) in [4.78, 5) is 4.67. The number of rotatable bonds is 10. The van der Waals surface area contributed by atoms with Crippen molar-refractivity contribution in [2.24, 2.45) is 4.99 Å². The molecule has 0 radical (unpaired) electrons. The molecule has 0 aliphatic heterocycles. The standard InChI is InChI=1S/C22H31N3O3.HI/c1-5-23-22(25-15-18-8-6-9-19(12-18)16-26-3)24-14-17(2)28-21-11-7-10-20(13-21)27-4;/h6-13,17H,5,14-16H2,1-4H3,(H2,23,24,25);1H. The van der Waals surface area contributed by atoms with Gasteiger partial charge in [-0.25, -0.2) is 4.99 Å². The number of ether oxygens (including phenoxy) is 3. The first kappa shape index (κ1) is 25.0. The first-order valence-electron chi connectivity index (χ1n) is 9.54. The van der Waals surface area contributed by atoms with Crippen molar-refractivity contribution in [1.82, 2.24) is 10.6 Å². The van der Waals surface area contributed by atoms with E-state index in [9.17, 15) is 0 Å². The van der Waals surface area contributed by atoms with Gasteiger partial charge in [0.1, 0.15) is 17.6 Å². The van der Waals surface area contributed by atoms with Crippen molar-refractivity contribution in [2.75, 3.05) is 27.3 Å². The van der Waals surface area contributed by atoms with E-state index in [2.05, 4.69) is 33.8 Å². The molecule has 0 saturated heterocycles. The van der Waals surface area contributed by atoms with Crippen molar-refractivity contribution in [3.05, 3.63) is 59.7 Å². The van der Waals surface area contributed by atoms with Crippen molar-refractivity contribution in [2.45, 2.75) is 33.1 Å². The quantitative estimate of drug-likeness (QED) is 0.286. The average Bonchev–Trinajstić information content (AvgIpc) is 2.71. The number of hydrogen-bond donors (Lipinski definition) is 2. The van der Waals surface area contributed by atoms with Gasteiger partial charge in [-0.2, -0.15) is 0 Å². The maximum Gasteiger partial charge on any atom is 0.191 e. The minimum atomic E-state index is -0.0269. The van der Waals surface area contributed by atoms with E-state index >= 15 is 0 Å². The molecule has 1 unspecified atom stereocenters. The van der Waals surface area contributed by atoms with Gasteiger partial charge in [-0.1, -0.05) is 30.3 Å². The zero-order valence-corrected chi connectivity index (χ0v) is 19.9. The fourth-order valence-electron chi connectivity index (χ4n) is 2.69. The molecule has 29 heavy (non-hydrogen) atoms. The lowest BCUT2D eigenvalue weighted by molar-refractivity contribution is 0.185. The number of aliphatic imine (C=N–C) groups is 1. The SMILES string of the molecule is CCNC(=NCc1cccc(COC)c1)NCC(C)Oc1cccc(OC)c1.I. The molecule has 7 heteroatoms. The Hall–Kier alpha value is -2.00. The van der Waals surface area contributed by atoms with Crippen LogP contribution in [-0.2, 0) is 17.9 Å². The van der Waals surface area contributed by atoms with Crippen LogP contribution in [0.2, 0.25) is 0 Å². The van der Waals surface area contributed by atoms with Gasteiger partial charge in [-0.3, -0.25) is 0 Å². The molecule has 0 fully saturated rings. The Balaban J connectivity index is 0.00000420. The fraction of sp³-hybridized carbons (Fsp3) is 0.409. The highest BCUT2D eigenvalue weighted by atomic mass is 127. The van der Waals surface area contributed by atoms with Crippen LogP contribution in [0.15, 0.2) is 53.5 Å². The Kier molecular flexibility index (Phi) is 12.1. The molecule has 0 spiro atoms. The smallest absolute Gasteiger partial charge is 0.191 e. The molecule has 0 heterocycles. The van der Waals surface area contributed by atoms with Crippen LogP contribution in [-0.4, -0.2) is 39.4 Å². The molecule has 0 aliphatic carbocycles. The van der Waals surface area contributed by atoms with E-state index < -0.39 is 0 Å². The zero-order chi connectivity index (χ0) is 20.2. The highest BCUT2D eigenvalue weighted by Gasteiger charge is 2.07. The number of hydrogen-bond acceptors (Lipinski definition) is 4. The van der Waals surface area contributed by atoms with Gasteiger partial charge in [0.25, 0.3) is 0 Å². The minimum absolute atomic E-state index is 0. The summed E-state index contributed by atoms with van der Waals surface area (Å²) in [7, 11) is 3.35. The molecule has 2 aromatic rings. The van der Waals surface area contributed by atoms with Gasteiger partial charge in [-0.05, 0) is 37.1 Å². The minimum Gasteiger partial charge on any atom is -0.497 e. The number of halogens is 1. The summed E-state index contributed by atoms with van der Waals surface area (Å²) in [5.74, 6) is 2.33. The van der Waals surface area contributed by atoms with Crippen molar-refractivity contribution in [3.8, 4) is 11.5 Å². The summed E-state index contributed by atoms with van der Waals surface area (Å²) < 4.78 is 16.4. The van der Waals surface area contributed by atoms with Crippen LogP contribution in [0.1, 0.15) is 25.0 Å². The Morgan fingerprint density at radius 1 is 1.00 bits per heavy atom. The largest absolute Gasteiger partial charge is 0.497 e. The van der Waals surface area contributed by atoms with Crippen molar-refractivity contribution < 1.29 is 14.2 Å². The average molecular weight is 513 g/mol. The van der Waals surface area contributed by atoms with Gasteiger partial charge in [-0.15, -0.1) is 24.0 Å². The third-order valence-corrected chi connectivity index (χ3v) is 4.00. The van der Waals surface area contributed by atoms with Crippen LogP contribution in [0.25, 0.3) is 0 Å². The van der Waals surface area contributed by atoms with E-state index in [4.69, 9.17) is 14.2 Å². The second-order valence-corrected chi connectivity index (χ2v) is 6.44. The Labute approximate surface area is 191 Å². The molecular formula is C22H32IN3O3. The predicted octanol–water partition coefficient (Wildman–Crippen LogP) is 3.98. The molecule has 0 saturated carbocycles. The zero-order valence-electron chi connectivity index (χ0n) is 17.6. The van der Waals surface area contributed by atoms with Crippen LogP contribution >= 0.6 is 24.0 Å². The Morgan fingerprint density at radius 2 is 1.72 bits per heavy atom. The normalized spacial score (nSPS) is 11.9. The Bertz CT molecular complexity index is 756. The molecule has 2 N–H and O–H groups in total. The van der Waals surface area contributed by atoms with E-state index in [1.807, 2.05) is 44.2 Å². The van der Waals surface area contributed by atoms with Gasteiger partial charge in [0.15, 0.2) is 5.96 Å². The summed E-state index contributed by atoms with van der Waals surface area (Å²) >= 11 is 0. The Morgan fingerprint density at radius 3 is 2.45 bits per heavy atom. The molecular weight excluding hydrogens is 481 g/mol. The van der Waals surface area contributed by atoms with E-state index in [1.54, 1.807) is 14.2 Å². The summed E-state index contributed by atoms with van der Waals surface area (Å²) in [6, 6.07) is 15.9. The number of benzene rings is 2. The van der Waals surface area contributed by atoms with Gasteiger partial charge < -0.3 is 24.8 Å². The molecule has 160 valence electrons. The molecule has 6 nitrogen and oxygen atoms in total. The number of guanidine groups is 1. The molecule has 1 atom stereocenters. The maximum atomic E-state index is 5.95. The lowest BCUT2D eigenvalue weighted by atomic mass is 10.1. The monoisotopic (exact) mass is 513 g/mol. The van der Waals surface area contributed by atoms with Crippen molar-refractivity contribution >= 4 is 29.9 Å². The van der Waals surface area contributed by atoms with Crippen LogP contribution in [0, 0.1) is 0 Å². The van der Waals surface area contributed by atoms with Crippen LogP contribution in [0.5, 0.6) is 11.5 Å². The summed E-state index contributed by atoms with van der Waals surface area (Å²) in [5, 5.41) is 6.61. The molecule has 0 aliphatic rings. The van der Waals surface area contributed by atoms with Gasteiger partial charge in [0.2, 0.25) is 0 Å². The van der Waals surface area contributed by atoms with Crippen molar-refractivity contribution in [1.29, 1.82) is 0 Å². The molecule has 0 amide bonds. The van der Waals surface area contributed by atoms with Crippen molar-refractivity contribution in [3.63, 3.8) is 0 Å². The topological polar surface area (TPSA) is 64.1 Å². The molecule has 2 rings (SSSR count). The van der Waals surface area contributed by atoms with E-state index in [0.29, 0.717) is 19.7 Å². The summed E-state index contributed by atoms with van der Waals surface area (Å²) in [6.07, 6.45) is -0.0269. The molecule has 0 bridgehead atoms. The van der Waals surface area contributed by atoms with E-state index in [1.165, 1.54) is 0 Å². The summed E-state index contributed by atoms with van der Waals surface area (Å²) in [6.45, 7) is 6.69. The van der Waals surface area contributed by atoms with Gasteiger partial charge in [0, 0.05) is 19.7 Å². The molecule has 0 aromatic heterocycles. The maximum absolute atomic E-state index is 5.95. The van der Waals surface area contributed by atoms with Gasteiger partial charge in [0.05, 0.1) is 26.8 Å². The molecule has 2 aromatic carbocycles. The second kappa shape index (κ2) is 14.1. The van der Waals surface area contributed by atoms with Crippen LogP contribution < -0.4 is 20.1 Å². The number of nitrogens with one attached hydrogen (secondary N) is 2. The first-order valence-corrected chi connectivity index (χ1v) is 9.54. The highest BCUT2D eigenvalue weighted by molar-refractivity contribution is 14.0. The summed E-state index contributed by atoms with van der Waals surface area (Å²) in [5.41, 5.74) is 2.29. The third kappa shape index (κ3) is 9.36. The fourth-order valence-corrected chi connectivity index (χ4v) is 2.69. The van der Waals surface area contributed by atoms with E-state index in [-0.39, 0.29) is 30.1 Å².